The molecule has 0 saturated heterocycles. The molecule has 1 aliphatic carbocycles. The molecule has 2 heterocycles. The van der Waals surface area contributed by atoms with Crippen molar-refractivity contribution in [3.63, 3.8) is 0 Å². The first-order chi connectivity index (χ1) is 20.1. The van der Waals surface area contributed by atoms with Crippen molar-refractivity contribution in [3.05, 3.63) is 98.0 Å². The van der Waals surface area contributed by atoms with Crippen LogP contribution in [0.4, 0.5) is 9.39 Å². The van der Waals surface area contributed by atoms with Gasteiger partial charge in [-0.15, -0.1) is 11.3 Å². The van der Waals surface area contributed by atoms with E-state index in [9.17, 15) is 9.18 Å². The van der Waals surface area contributed by atoms with Gasteiger partial charge in [-0.25, -0.2) is 9.38 Å². The maximum atomic E-state index is 14.1. The molecule has 1 atom stereocenters. The molecule has 1 aliphatic rings. The molecule has 0 fully saturated rings. The molecule has 1 amide bonds. The Morgan fingerprint density at radius 2 is 2.05 bits per heavy atom. The molecule has 4 aromatic rings. The summed E-state index contributed by atoms with van der Waals surface area (Å²) in [5.74, 6) is 1.71. The zero-order valence-electron chi connectivity index (χ0n) is 24.1. The number of aliphatic imine (C=N–C) groups is 1. The Morgan fingerprint density at radius 3 is 2.76 bits per heavy atom. The molecule has 1 N–H and O–H groups in total. The van der Waals surface area contributed by atoms with E-state index >= 15 is 0 Å². The fraction of sp³-hybridized carbons (Fsp3) is 0.333. The van der Waals surface area contributed by atoms with Gasteiger partial charge in [0, 0.05) is 16.7 Å². The highest BCUT2D eigenvalue weighted by Gasteiger charge is 2.33. The minimum atomic E-state index is -0.326. The predicted octanol–water partition coefficient (Wildman–Crippen LogP) is 8.66. The first-order valence-electron chi connectivity index (χ1n) is 13.9. The van der Waals surface area contributed by atoms with Crippen LogP contribution in [-0.4, -0.2) is 19.2 Å². The summed E-state index contributed by atoms with van der Waals surface area (Å²) in [5, 5.41) is 3.70. The third-order valence-corrected chi connectivity index (χ3v) is 9.37. The normalized spacial score (nSPS) is 15.0. The summed E-state index contributed by atoms with van der Waals surface area (Å²) in [6.07, 6.45) is 6.15. The Kier molecular flexibility index (Phi) is 9.18. The quantitative estimate of drug-likeness (QED) is 0.184. The van der Waals surface area contributed by atoms with Gasteiger partial charge in [-0.3, -0.25) is 4.79 Å². The van der Waals surface area contributed by atoms with E-state index in [4.69, 9.17) is 18.9 Å². The van der Waals surface area contributed by atoms with Gasteiger partial charge in [0.05, 0.1) is 30.0 Å². The first-order valence-corrected chi connectivity index (χ1v) is 15.5. The van der Waals surface area contributed by atoms with Crippen LogP contribution < -0.4 is 14.8 Å². The smallest absolute Gasteiger partial charge is 0.255 e. The van der Waals surface area contributed by atoms with Gasteiger partial charge in [-0.05, 0) is 88.0 Å². The Morgan fingerprint density at radius 1 is 1.24 bits per heavy atom. The van der Waals surface area contributed by atoms with E-state index in [-0.39, 0.29) is 23.7 Å². The number of fused-ring (bicyclic) bond motifs is 1. The van der Waals surface area contributed by atoms with Gasteiger partial charge in [-0.1, -0.05) is 39.0 Å². The fourth-order valence-corrected chi connectivity index (χ4v) is 7.00. The van der Waals surface area contributed by atoms with Crippen LogP contribution in [0.15, 0.2) is 68.7 Å². The maximum absolute atomic E-state index is 14.1. The molecule has 2 aromatic heterocycles. The van der Waals surface area contributed by atoms with Gasteiger partial charge in [0.25, 0.3) is 5.91 Å². The van der Waals surface area contributed by atoms with Crippen molar-refractivity contribution in [2.45, 2.75) is 53.2 Å². The minimum absolute atomic E-state index is 0.0574. The van der Waals surface area contributed by atoms with E-state index in [1.54, 1.807) is 55.2 Å². The van der Waals surface area contributed by atoms with Gasteiger partial charge >= 0.3 is 0 Å². The van der Waals surface area contributed by atoms with E-state index in [1.165, 1.54) is 10.9 Å². The van der Waals surface area contributed by atoms with Crippen molar-refractivity contribution in [1.29, 1.82) is 0 Å². The van der Waals surface area contributed by atoms with Crippen LogP contribution >= 0.6 is 27.3 Å². The number of hydrogen-bond donors (Lipinski definition) is 1. The molecule has 0 spiro atoms. The van der Waals surface area contributed by atoms with Crippen molar-refractivity contribution in [2.75, 3.05) is 7.11 Å². The number of rotatable bonds is 9. The molecule has 9 heteroatoms. The van der Waals surface area contributed by atoms with Gasteiger partial charge in [0.1, 0.15) is 23.2 Å². The molecule has 0 saturated carbocycles. The van der Waals surface area contributed by atoms with Crippen LogP contribution in [0.2, 0.25) is 0 Å². The SMILES string of the molecule is COc1cc(C=Nc2sc3c(c2C(=O)NCc2ccco2)CC[C@H](C(C)(C)C)C3)cc(Br)c1OCc1ccccc1F. The Bertz CT molecular complexity index is 1590. The number of methoxy groups -OCH3 is 1. The van der Waals surface area contributed by atoms with Crippen molar-refractivity contribution < 1.29 is 23.1 Å². The highest BCUT2D eigenvalue weighted by Crippen LogP contribution is 2.45. The first kappa shape index (κ1) is 30.0. The number of benzene rings is 2. The lowest BCUT2D eigenvalue weighted by molar-refractivity contribution is 0.0947. The molecule has 2 aromatic carbocycles. The average Bonchev–Trinajstić information content (AvgIpc) is 3.61. The number of carbonyl (C=O) groups excluding carboxylic acids is 1. The van der Waals surface area contributed by atoms with Gasteiger partial charge in [-0.2, -0.15) is 0 Å². The Balaban J connectivity index is 1.42. The zero-order valence-corrected chi connectivity index (χ0v) is 26.5. The van der Waals surface area contributed by atoms with Crippen molar-refractivity contribution >= 4 is 44.4 Å². The molecule has 0 unspecified atom stereocenters. The van der Waals surface area contributed by atoms with Gasteiger partial charge in [0.15, 0.2) is 11.5 Å². The fourth-order valence-electron chi connectivity index (χ4n) is 5.16. The van der Waals surface area contributed by atoms with E-state index in [0.717, 1.165) is 30.4 Å². The summed E-state index contributed by atoms with van der Waals surface area (Å²) in [6.45, 7) is 7.20. The number of ether oxygens (including phenoxy) is 2. The van der Waals surface area contributed by atoms with Crippen LogP contribution in [0.1, 0.15) is 64.9 Å². The zero-order chi connectivity index (χ0) is 29.9. The summed E-state index contributed by atoms with van der Waals surface area (Å²) in [7, 11) is 1.55. The number of hydrogen-bond acceptors (Lipinski definition) is 6. The summed E-state index contributed by atoms with van der Waals surface area (Å²) in [5.41, 5.74) is 3.13. The van der Waals surface area contributed by atoms with Crippen LogP contribution in [0.3, 0.4) is 0 Å². The highest BCUT2D eigenvalue weighted by molar-refractivity contribution is 9.10. The summed E-state index contributed by atoms with van der Waals surface area (Å²) in [4.78, 5) is 19.6. The molecule has 0 bridgehead atoms. The average molecular weight is 654 g/mol. The molecule has 220 valence electrons. The second-order valence-corrected chi connectivity index (χ2v) is 13.4. The topological polar surface area (TPSA) is 73.1 Å². The standard InChI is InChI=1S/C33H34BrFN2O4S/c1-33(2,3)22-11-12-24-28(16-22)42-32(29(24)31(38)36-18-23-9-7-13-40-23)37-17-20-14-25(34)30(27(15-20)39-4)41-19-21-8-5-6-10-26(21)35/h5-10,13-15,17,22H,11-12,16,18-19H2,1-4H3,(H,36,38)/t22-/m0/s1. The second-order valence-electron chi connectivity index (χ2n) is 11.4. The largest absolute Gasteiger partial charge is 0.493 e. The third-order valence-electron chi connectivity index (χ3n) is 7.61. The van der Waals surface area contributed by atoms with Crippen LogP contribution in [0, 0.1) is 17.2 Å². The molecule has 0 radical (unpaired) electrons. The minimum Gasteiger partial charge on any atom is -0.493 e. The number of thiophene rings is 1. The molecular weight excluding hydrogens is 619 g/mol. The van der Waals surface area contributed by atoms with Crippen LogP contribution in [-0.2, 0) is 26.0 Å². The maximum Gasteiger partial charge on any atom is 0.255 e. The Hall–Kier alpha value is -3.43. The molecule has 5 rings (SSSR count). The van der Waals surface area contributed by atoms with Gasteiger partial charge < -0.3 is 19.2 Å². The van der Waals surface area contributed by atoms with Crippen LogP contribution in [0.5, 0.6) is 11.5 Å². The summed E-state index contributed by atoms with van der Waals surface area (Å²) < 4.78 is 31.7. The predicted molar refractivity (Wildman–Crippen MR) is 168 cm³/mol. The summed E-state index contributed by atoms with van der Waals surface area (Å²) in [6, 6.07) is 13.8. The number of nitrogens with zero attached hydrogens (tertiary/aromatic N) is 1. The monoisotopic (exact) mass is 652 g/mol. The lowest BCUT2D eigenvalue weighted by Gasteiger charge is -2.33. The van der Waals surface area contributed by atoms with Crippen molar-refractivity contribution in [1.82, 2.24) is 5.32 Å². The lowest BCUT2D eigenvalue weighted by Crippen LogP contribution is -2.28. The highest BCUT2D eigenvalue weighted by atomic mass is 79.9. The van der Waals surface area contributed by atoms with Gasteiger partial charge in [0.2, 0.25) is 0 Å². The number of carbonyl (C=O) groups is 1. The summed E-state index contributed by atoms with van der Waals surface area (Å²) >= 11 is 5.17. The molecular formula is C33H34BrFN2O4S. The second kappa shape index (κ2) is 12.8. The van der Waals surface area contributed by atoms with Crippen molar-refractivity contribution in [3.8, 4) is 11.5 Å². The Labute approximate surface area is 258 Å². The van der Waals surface area contributed by atoms with E-state index in [0.29, 0.717) is 50.3 Å². The number of amides is 1. The lowest BCUT2D eigenvalue weighted by atomic mass is 9.72. The number of nitrogens with one attached hydrogen (secondary N) is 1. The number of halogens is 2. The van der Waals surface area contributed by atoms with E-state index in [1.807, 2.05) is 18.2 Å². The van der Waals surface area contributed by atoms with E-state index in [2.05, 4.69) is 42.0 Å². The van der Waals surface area contributed by atoms with E-state index < -0.39 is 0 Å². The van der Waals surface area contributed by atoms with Crippen LogP contribution in [0.25, 0.3) is 0 Å². The molecule has 0 aliphatic heterocycles. The van der Waals surface area contributed by atoms with Crippen molar-refractivity contribution in [2.24, 2.45) is 16.3 Å². The number of furan rings is 1. The third kappa shape index (κ3) is 6.79. The molecule has 42 heavy (non-hydrogen) atoms. The molecule has 6 nitrogen and oxygen atoms in total.